The monoisotopic (exact) mass is 366 g/mol. The summed E-state index contributed by atoms with van der Waals surface area (Å²) in [5.74, 6) is -0.174. The van der Waals surface area contributed by atoms with Crippen molar-refractivity contribution in [3.63, 3.8) is 0 Å². The van der Waals surface area contributed by atoms with Gasteiger partial charge in [0.05, 0.1) is 6.54 Å². The van der Waals surface area contributed by atoms with Gasteiger partial charge in [-0.25, -0.2) is 0 Å². The molecule has 2 rings (SSSR count). The lowest BCUT2D eigenvalue weighted by Crippen LogP contribution is -2.47. The van der Waals surface area contributed by atoms with E-state index in [-0.39, 0.29) is 29.8 Å². The summed E-state index contributed by atoms with van der Waals surface area (Å²) >= 11 is 0. The lowest BCUT2D eigenvalue weighted by molar-refractivity contribution is -0.136. The number of nitrogens with zero attached hydrogens (tertiary/aromatic N) is 1. The molecule has 0 aliphatic carbocycles. The largest absolute Gasteiger partial charge is 0.350 e. The zero-order valence-electron chi connectivity index (χ0n) is 16.7. The molecule has 2 amide bonds. The fourth-order valence-corrected chi connectivity index (χ4v) is 3.11. The second kappa shape index (κ2) is 9.36. The van der Waals surface area contributed by atoms with Crippen molar-refractivity contribution in [1.82, 2.24) is 10.2 Å². The molecule has 144 valence electrons. The van der Waals surface area contributed by atoms with Crippen LogP contribution in [0.3, 0.4) is 0 Å². The Labute approximate surface area is 162 Å². The molecule has 0 saturated heterocycles. The standard InChI is InChI=1S/C23H30N2O2/c1-5-25(17-21(26)24-23(2,3)4)22(27)16-20(18-12-8-6-9-13-18)19-14-10-7-11-15-19/h6-15,20H,5,16-17H2,1-4H3,(H,24,26). The molecule has 0 fully saturated rings. The fraction of sp³-hybridized carbons (Fsp3) is 0.391. The number of amides is 2. The smallest absolute Gasteiger partial charge is 0.240 e. The van der Waals surface area contributed by atoms with Crippen LogP contribution in [-0.2, 0) is 9.59 Å². The maximum Gasteiger partial charge on any atom is 0.240 e. The minimum absolute atomic E-state index is 0.0146. The number of carbonyl (C=O) groups excluding carboxylic acids is 2. The van der Waals surface area contributed by atoms with Crippen molar-refractivity contribution in [2.75, 3.05) is 13.1 Å². The van der Waals surface area contributed by atoms with Crippen LogP contribution in [0, 0.1) is 0 Å². The van der Waals surface area contributed by atoms with Crippen molar-refractivity contribution in [2.24, 2.45) is 0 Å². The third-order valence-electron chi connectivity index (χ3n) is 4.37. The SMILES string of the molecule is CCN(CC(=O)NC(C)(C)C)C(=O)CC(c1ccccc1)c1ccccc1. The van der Waals surface area contributed by atoms with Crippen molar-refractivity contribution in [1.29, 1.82) is 0 Å². The highest BCUT2D eigenvalue weighted by Gasteiger charge is 2.23. The highest BCUT2D eigenvalue weighted by atomic mass is 16.2. The molecule has 27 heavy (non-hydrogen) atoms. The van der Waals surface area contributed by atoms with Gasteiger partial charge in [0.1, 0.15) is 0 Å². The van der Waals surface area contributed by atoms with Crippen molar-refractivity contribution in [2.45, 2.75) is 45.6 Å². The summed E-state index contributed by atoms with van der Waals surface area (Å²) in [6.07, 6.45) is 0.338. The van der Waals surface area contributed by atoms with E-state index in [0.29, 0.717) is 13.0 Å². The first kappa shape index (κ1) is 20.7. The molecule has 0 unspecified atom stereocenters. The van der Waals surface area contributed by atoms with Crippen molar-refractivity contribution >= 4 is 11.8 Å². The number of rotatable bonds is 7. The zero-order valence-corrected chi connectivity index (χ0v) is 16.7. The van der Waals surface area contributed by atoms with Gasteiger partial charge < -0.3 is 10.2 Å². The van der Waals surface area contributed by atoms with E-state index in [1.807, 2.05) is 88.4 Å². The number of hydrogen-bond donors (Lipinski definition) is 1. The first-order valence-electron chi connectivity index (χ1n) is 9.49. The van der Waals surface area contributed by atoms with Crippen LogP contribution >= 0.6 is 0 Å². The molecule has 0 aromatic heterocycles. The van der Waals surface area contributed by atoms with E-state index in [0.717, 1.165) is 11.1 Å². The van der Waals surface area contributed by atoms with E-state index in [2.05, 4.69) is 5.32 Å². The van der Waals surface area contributed by atoms with Gasteiger partial charge in [0.15, 0.2) is 0 Å². The Bertz CT molecular complexity index is 696. The topological polar surface area (TPSA) is 49.4 Å². The summed E-state index contributed by atoms with van der Waals surface area (Å²) in [4.78, 5) is 26.9. The van der Waals surface area contributed by atoms with Gasteiger partial charge in [0, 0.05) is 24.4 Å². The van der Waals surface area contributed by atoms with Gasteiger partial charge in [0.2, 0.25) is 11.8 Å². The summed E-state index contributed by atoms with van der Waals surface area (Å²) in [5, 5.41) is 2.92. The normalized spacial score (nSPS) is 11.3. The summed E-state index contributed by atoms with van der Waals surface area (Å²) in [6, 6.07) is 20.1. The number of carbonyl (C=O) groups is 2. The number of likely N-dealkylation sites (N-methyl/N-ethyl adjacent to an activating group) is 1. The molecule has 2 aromatic rings. The second-order valence-electron chi connectivity index (χ2n) is 7.78. The Morgan fingerprint density at radius 2 is 1.41 bits per heavy atom. The highest BCUT2D eigenvalue weighted by molar-refractivity contribution is 5.85. The third-order valence-corrected chi connectivity index (χ3v) is 4.37. The average molecular weight is 367 g/mol. The molecule has 0 aliphatic heterocycles. The Morgan fingerprint density at radius 3 is 1.81 bits per heavy atom. The maximum atomic E-state index is 13.0. The minimum atomic E-state index is -0.309. The van der Waals surface area contributed by atoms with Crippen LogP contribution < -0.4 is 5.32 Å². The Balaban J connectivity index is 2.16. The average Bonchev–Trinajstić information content (AvgIpc) is 2.64. The molecule has 0 saturated carbocycles. The molecule has 1 N–H and O–H groups in total. The molecule has 2 aromatic carbocycles. The van der Waals surface area contributed by atoms with Crippen LogP contribution in [0.4, 0.5) is 0 Å². The Kier molecular flexibility index (Phi) is 7.17. The number of nitrogens with one attached hydrogen (secondary N) is 1. The lowest BCUT2D eigenvalue weighted by atomic mass is 9.88. The van der Waals surface area contributed by atoms with Crippen molar-refractivity contribution in [3.05, 3.63) is 71.8 Å². The zero-order chi connectivity index (χ0) is 19.9. The first-order chi connectivity index (χ1) is 12.8. The quantitative estimate of drug-likeness (QED) is 0.806. The van der Waals surface area contributed by atoms with Gasteiger partial charge in [-0.1, -0.05) is 60.7 Å². The fourth-order valence-electron chi connectivity index (χ4n) is 3.11. The predicted octanol–water partition coefficient (Wildman–Crippen LogP) is 3.97. The van der Waals surface area contributed by atoms with Gasteiger partial charge in [-0.3, -0.25) is 9.59 Å². The molecule has 0 radical (unpaired) electrons. The predicted molar refractivity (Wildman–Crippen MR) is 109 cm³/mol. The summed E-state index contributed by atoms with van der Waals surface area (Å²) < 4.78 is 0. The maximum absolute atomic E-state index is 13.0. The van der Waals surface area contributed by atoms with Gasteiger partial charge in [-0.05, 0) is 38.8 Å². The number of benzene rings is 2. The van der Waals surface area contributed by atoms with Crippen LogP contribution in [0.15, 0.2) is 60.7 Å². The van der Waals surface area contributed by atoms with E-state index >= 15 is 0 Å². The lowest BCUT2D eigenvalue weighted by Gasteiger charge is -2.27. The summed E-state index contributed by atoms with van der Waals surface area (Å²) in [6.45, 7) is 8.30. The molecule has 4 nitrogen and oxygen atoms in total. The van der Waals surface area contributed by atoms with Crippen molar-refractivity contribution < 1.29 is 9.59 Å². The molecule has 0 bridgehead atoms. The Morgan fingerprint density at radius 1 is 0.926 bits per heavy atom. The van der Waals surface area contributed by atoms with E-state index in [4.69, 9.17) is 0 Å². The van der Waals surface area contributed by atoms with E-state index in [9.17, 15) is 9.59 Å². The molecular weight excluding hydrogens is 336 g/mol. The molecule has 4 heteroatoms. The van der Waals surface area contributed by atoms with Crippen LogP contribution in [-0.4, -0.2) is 35.3 Å². The minimum Gasteiger partial charge on any atom is -0.350 e. The van der Waals surface area contributed by atoms with E-state index in [1.54, 1.807) is 4.90 Å². The van der Waals surface area contributed by atoms with Gasteiger partial charge in [0.25, 0.3) is 0 Å². The number of hydrogen-bond acceptors (Lipinski definition) is 2. The molecule has 0 heterocycles. The molecule has 0 aliphatic rings. The van der Waals surface area contributed by atoms with E-state index < -0.39 is 0 Å². The van der Waals surface area contributed by atoms with E-state index in [1.165, 1.54) is 0 Å². The van der Waals surface area contributed by atoms with Crippen LogP contribution in [0.1, 0.15) is 51.2 Å². The van der Waals surface area contributed by atoms with Gasteiger partial charge in [-0.2, -0.15) is 0 Å². The van der Waals surface area contributed by atoms with Gasteiger partial charge in [-0.15, -0.1) is 0 Å². The highest BCUT2D eigenvalue weighted by Crippen LogP contribution is 2.28. The van der Waals surface area contributed by atoms with Crippen LogP contribution in [0.2, 0.25) is 0 Å². The first-order valence-corrected chi connectivity index (χ1v) is 9.49. The van der Waals surface area contributed by atoms with Crippen molar-refractivity contribution in [3.8, 4) is 0 Å². The molecule has 0 spiro atoms. The van der Waals surface area contributed by atoms with Crippen LogP contribution in [0.5, 0.6) is 0 Å². The molecular formula is C23H30N2O2. The summed E-state index contributed by atoms with van der Waals surface area (Å²) in [7, 11) is 0. The summed E-state index contributed by atoms with van der Waals surface area (Å²) in [5.41, 5.74) is 1.90. The van der Waals surface area contributed by atoms with Crippen LogP contribution in [0.25, 0.3) is 0 Å². The Hall–Kier alpha value is -2.62. The van der Waals surface area contributed by atoms with Gasteiger partial charge >= 0.3 is 0 Å². The third kappa shape index (κ3) is 6.55. The second-order valence-corrected chi connectivity index (χ2v) is 7.78. The molecule has 0 atom stereocenters.